The molecule has 14 heavy (non-hydrogen) atoms. The summed E-state index contributed by atoms with van der Waals surface area (Å²) in [6.07, 6.45) is 4.22. The third-order valence-electron chi connectivity index (χ3n) is 3.42. The van der Waals surface area contributed by atoms with Gasteiger partial charge < -0.3 is 4.90 Å². The van der Waals surface area contributed by atoms with Crippen molar-refractivity contribution in [2.24, 2.45) is 5.41 Å². The molecule has 0 unspecified atom stereocenters. The Hall–Kier alpha value is -0.570. The molecular weight excluding hydrogens is 240 g/mol. The molecule has 1 saturated heterocycles. The lowest BCUT2D eigenvalue weighted by Gasteiger charge is -2.17. The molecule has 1 spiro atoms. The van der Waals surface area contributed by atoms with Crippen molar-refractivity contribution in [2.45, 2.75) is 19.3 Å². The van der Waals surface area contributed by atoms with E-state index in [1.54, 1.807) is 0 Å². The van der Waals surface area contributed by atoms with Crippen LogP contribution in [0.15, 0.2) is 22.8 Å². The number of anilines is 1. The second kappa shape index (κ2) is 2.96. The molecular formula is C11H13BrN2. The van der Waals surface area contributed by atoms with Crippen LogP contribution in [0.2, 0.25) is 0 Å². The second-order valence-corrected chi connectivity index (χ2v) is 5.30. The van der Waals surface area contributed by atoms with Crippen molar-refractivity contribution in [1.82, 2.24) is 4.98 Å². The van der Waals surface area contributed by atoms with E-state index in [0.717, 1.165) is 10.4 Å². The van der Waals surface area contributed by atoms with Crippen molar-refractivity contribution < 1.29 is 0 Å². The Morgan fingerprint density at radius 2 is 2.14 bits per heavy atom. The maximum absolute atomic E-state index is 4.49. The molecule has 2 nitrogen and oxygen atoms in total. The van der Waals surface area contributed by atoms with Crippen molar-refractivity contribution in [3.8, 4) is 0 Å². The summed E-state index contributed by atoms with van der Waals surface area (Å²) in [7, 11) is 0. The van der Waals surface area contributed by atoms with Crippen LogP contribution in [0.3, 0.4) is 0 Å². The minimum atomic E-state index is 0.685. The summed E-state index contributed by atoms with van der Waals surface area (Å²) in [6.45, 7) is 2.40. The van der Waals surface area contributed by atoms with Gasteiger partial charge in [0.25, 0.3) is 0 Å². The SMILES string of the molecule is Brc1cccc(N2CCC3(CC3)C2)n1. The number of pyridine rings is 1. The third kappa shape index (κ3) is 1.44. The first kappa shape index (κ1) is 8.72. The molecule has 3 rings (SSSR count). The highest BCUT2D eigenvalue weighted by atomic mass is 79.9. The van der Waals surface area contributed by atoms with Crippen molar-refractivity contribution >= 4 is 21.7 Å². The number of rotatable bonds is 1. The van der Waals surface area contributed by atoms with E-state index in [0.29, 0.717) is 5.41 Å². The van der Waals surface area contributed by atoms with Gasteiger partial charge in [-0.05, 0) is 52.7 Å². The number of nitrogens with zero attached hydrogens (tertiary/aromatic N) is 2. The van der Waals surface area contributed by atoms with Crippen LogP contribution < -0.4 is 4.90 Å². The van der Waals surface area contributed by atoms with Gasteiger partial charge in [0, 0.05) is 13.1 Å². The highest BCUT2D eigenvalue weighted by Crippen LogP contribution is 2.53. The highest BCUT2D eigenvalue weighted by molar-refractivity contribution is 9.10. The molecule has 0 atom stereocenters. The fourth-order valence-corrected chi connectivity index (χ4v) is 2.62. The van der Waals surface area contributed by atoms with E-state index >= 15 is 0 Å². The van der Waals surface area contributed by atoms with Crippen LogP contribution >= 0.6 is 15.9 Å². The van der Waals surface area contributed by atoms with Gasteiger partial charge in [-0.25, -0.2) is 4.98 Å². The van der Waals surface area contributed by atoms with Crippen molar-refractivity contribution in [1.29, 1.82) is 0 Å². The smallest absolute Gasteiger partial charge is 0.129 e. The Kier molecular flexibility index (Phi) is 1.84. The molecule has 2 aliphatic rings. The van der Waals surface area contributed by atoms with Gasteiger partial charge in [-0.3, -0.25) is 0 Å². The summed E-state index contributed by atoms with van der Waals surface area (Å²) in [5.41, 5.74) is 0.685. The molecule has 2 fully saturated rings. The Bertz CT molecular complexity index is 360. The molecule has 1 aliphatic carbocycles. The van der Waals surface area contributed by atoms with E-state index in [1.165, 1.54) is 32.4 Å². The summed E-state index contributed by atoms with van der Waals surface area (Å²) in [6, 6.07) is 6.14. The Labute approximate surface area is 92.5 Å². The predicted molar refractivity (Wildman–Crippen MR) is 60.4 cm³/mol. The van der Waals surface area contributed by atoms with Gasteiger partial charge in [0.05, 0.1) is 0 Å². The van der Waals surface area contributed by atoms with Crippen molar-refractivity contribution in [2.75, 3.05) is 18.0 Å². The quantitative estimate of drug-likeness (QED) is 0.715. The predicted octanol–water partition coefficient (Wildman–Crippen LogP) is 2.83. The third-order valence-corrected chi connectivity index (χ3v) is 3.86. The molecule has 1 aromatic rings. The van der Waals surface area contributed by atoms with Gasteiger partial charge in [0.2, 0.25) is 0 Å². The summed E-state index contributed by atoms with van der Waals surface area (Å²) >= 11 is 3.42. The zero-order valence-corrected chi connectivity index (χ0v) is 9.63. The molecule has 3 heteroatoms. The van der Waals surface area contributed by atoms with E-state index in [2.05, 4.69) is 37.9 Å². The van der Waals surface area contributed by atoms with Gasteiger partial charge in [-0.1, -0.05) is 6.07 Å². The summed E-state index contributed by atoms with van der Waals surface area (Å²) in [4.78, 5) is 6.91. The van der Waals surface area contributed by atoms with Crippen LogP contribution in [0.5, 0.6) is 0 Å². The van der Waals surface area contributed by atoms with E-state index in [-0.39, 0.29) is 0 Å². The molecule has 1 saturated carbocycles. The van der Waals surface area contributed by atoms with Crippen LogP contribution in [0.1, 0.15) is 19.3 Å². The molecule has 1 aliphatic heterocycles. The number of hydrogen-bond donors (Lipinski definition) is 0. The molecule has 0 amide bonds. The average molecular weight is 253 g/mol. The molecule has 2 heterocycles. The Morgan fingerprint density at radius 1 is 1.29 bits per heavy atom. The fourth-order valence-electron chi connectivity index (χ4n) is 2.29. The van der Waals surface area contributed by atoms with Crippen LogP contribution in [0.4, 0.5) is 5.82 Å². The average Bonchev–Trinajstić information content (AvgIpc) is 2.76. The number of hydrogen-bond acceptors (Lipinski definition) is 2. The zero-order valence-electron chi connectivity index (χ0n) is 8.04. The Morgan fingerprint density at radius 3 is 2.79 bits per heavy atom. The molecule has 0 N–H and O–H groups in total. The van der Waals surface area contributed by atoms with Gasteiger partial charge in [0.15, 0.2) is 0 Å². The van der Waals surface area contributed by atoms with Gasteiger partial charge >= 0.3 is 0 Å². The van der Waals surface area contributed by atoms with E-state index in [9.17, 15) is 0 Å². The van der Waals surface area contributed by atoms with Crippen LogP contribution in [0.25, 0.3) is 0 Å². The van der Waals surface area contributed by atoms with E-state index in [4.69, 9.17) is 0 Å². The fraction of sp³-hybridized carbons (Fsp3) is 0.545. The maximum Gasteiger partial charge on any atom is 0.129 e. The number of aromatic nitrogens is 1. The molecule has 0 aromatic carbocycles. The Balaban J connectivity index is 1.82. The van der Waals surface area contributed by atoms with Crippen molar-refractivity contribution in [3.05, 3.63) is 22.8 Å². The highest BCUT2D eigenvalue weighted by Gasteiger charge is 2.47. The lowest BCUT2D eigenvalue weighted by atomic mass is 10.1. The monoisotopic (exact) mass is 252 g/mol. The summed E-state index contributed by atoms with van der Waals surface area (Å²) in [5, 5.41) is 0. The lowest BCUT2D eigenvalue weighted by Crippen LogP contribution is -2.20. The number of halogens is 1. The van der Waals surface area contributed by atoms with E-state index in [1.807, 2.05) is 6.07 Å². The molecule has 1 aromatic heterocycles. The van der Waals surface area contributed by atoms with Gasteiger partial charge in [-0.2, -0.15) is 0 Å². The molecule has 0 radical (unpaired) electrons. The topological polar surface area (TPSA) is 16.1 Å². The molecule has 74 valence electrons. The second-order valence-electron chi connectivity index (χ2n) is 4.49. The van der Waals surface area contributed by atoms with Crippen molar-refractivity contribution in [3.63, 3.8) is 0 Å². The van der Waals surface area contributed by atoms with Gasteiger partial charge in [-0.15, -0.1) is 0 Å². The minimum Gasteiger partial charge on any atom is -0.356 e. The van der Waals surface area contributed by atoms with Crippen LogP contribution in [-0.2, 0) is 0 Å². The zero-order chi connectivity index (χ0) is 9.60. The lowest BCUT2D eigenvalue weighted by molar-refractivity contribution is 0.580. The van der Waals surface area contributed by atoms with Gasteiger partial charge in [0.1, 0.15) is 10.4 Å². The molecule has 0 bridgehead atoms. The van der Waals surface area contributed by atoms with Crippen LogP contribution in [0, 0.1) is 5.41 Å². The largest absolute Gasteiger partial charge is 0.356 e. The minimum absolute atomic E-state index is 0.685. The standard InChI is InChI=1S/C11H13BrN2/c12-9-2-1-3-10(13-9)14-7-6-11(8-14)4-5-11/h1-3H,4-8H2. The summed E-state index contributed by atoms with van der Waals surface area (Å²) < 4.78 is 0.937. The summed E-state index contributed by atoms with van der Waals surface area (Å²) in [5.74, 6) is 1.13. The maximum atomic E-state index is 4.49. The van der Waals surface area contributed by atoms with Crippen LogP contribution in [-0.4, -0.2) is 18.1 Å². The normalized spacial score (nSPS) is 23.1. The van der Waals surface area contributed by atoms with E-state index < -0.39 is 0 Å². The first-order valence-electron chi connectivity index (χ1n) is 5.15. The first-order chi connectivity index (χ1) is 6.77. The first-order valence-corrected chi connectivity index (χ1v) is 5.94.